The summed E-state index contributed by atoms with van der Waals surface area (Å²) in [7, 11) is -8.07. The first-order valence-corrected chi connectivity index (χ1v) is 15.0. The van der Waals surface area contributed by atoms with E-state index in [1.165, 1.54) is 12.1 Å². The number of hydrogen-bond acceptors (Lipinski definition) is 7. The van der Waals surface area contributed by atoms with Gasteiger partial charge in [0.1, 0.15) is 17.7 Å². The van der Waals surface area contributed by atoms with Crippen LogP contribution in [0, 0.1) is 11.7 Å². The van der Waals surface area contributed by atoms with Crippen molar-refractivity contribution >= 4 is 37.5 Å². The minimum absolute atomic E-state index is 0.0143. The second kappa shape index (κ2) is 11.4. The second-order valence-electron chi connectivity index (χ2n) is 9.96. The number of ether oxygens (including phenoxy) is 2. The Bertz CT molecular complexity index is 1450. The number of alkyl halides is 3. The molecule has 222 valence electrons. The number of carbonyl (C=O) groups excluding carboxylic acids is 1. The highest BCUT2D eigenvalue weighted by Gasteiger charge is 2.51. The maximum Gasteiger partial charge on any atom is 0.427 e. The van der Waals surface area contributed by atoms with Crippen LogP contribution in [-0.4, -0.2) is 59.7 Å². The zero-order valence-electron chi connectivity index (χ0n) is 22.0. The number of fused-ring (bicyclic) bond motifs is 1. The lowest BCUT2D eigenvalue weighted by Crippen LogP contribution is -2.48. The summed E-state index contributed by atoms with van der Waals surface area (Å²) in [5, 5.41) is 2.13. The molecule has 16 heteroatoms. The molecule has 0 fully saturated rings. The van der Waals surface area contributed by atoms with Crippen LogP contribution in [0.15, 0.2) is 47.4 Å². The van der Waals surface area contributed by atoms with Crippen LogP contribution >= 0.6 is 0 Å². The van der Waals surface area contributed by atoms with Crippen molar-refractivity contribution in [2.45, 2.75) is 50.5 Å². The van der Waals surface area contributed by atoms with Crippen LogP contribution in [0.1, 0.15) is 27.7 Å². The fourth-order valence-electron chi connectivity index (χ4n) is 3.61. The van der Waals surface area contributed by atoms with Gasteiger partial charge in [-0.2, -0.15) is 13.2 Å². The van der Waals surface area contributed by atoms with Crippen LogP contribution in [0.5, 0.6) is 5.75 Å². The van der Waals surface area contributed by atoms with Crippen molar-refractivity contribution in [3.63, 3.8) is 0 Å². The summed E-state index contributed by atoms with van der Waals surface area (Å²) in [6, 6.07) is 7.63. The molecule has 10 nitrogen and oxygen atoms in total. The van der Waals surface area contributed by atoms with Crippen LogP contribution in [0.25, 0.3) is 0 Å². The van der Waals surface area contributed by atoms with E-state index in [2.05, 4.69) is 14.8 Å². The van der Waals surface area contributed by atoms with Gasteiger partial charge in [-0.25, -0.2) is 30.7 Å². The second-order valence-corrected chi connectivity index (χ2v) is 13.7. The van der Waals surface area contributed by atoms with Gasteiger partial charge in [0.15, 0.2) is 0 Å². The Morgan fingerprint density at radius 2 is 1.73 bits per heavy atom. The lowest BCUT2D eigenvalue weighted by Gasteiger charge is -2.36. The summed E-state index contributed by atoms with van der Waals surface area (Å²) in [6.45, 7) is 4.11. The van der Waals surface area contributed by atoms with Gasteiger partial charge in [0, 0.05) is 12.2 Å². The molecular weight excluding hydrogens is 582 g/mol. The Hall–Kier alpha value is -3.11. The number of benzene rings is 2. The molecule has 1 unspecified atom stereocenters. The number of halogens is 4. The van der Waals surface area contributed by atoms with Crippen molar-refractivity contribution in [2.75, 3.05) is 28.5 Å². The number of anilines is 2. The molecule has 0 aromatic heterocycles. The number of nitrogens with one attached hydrogen (secondary N) is 2. The van der Waals surface area contributed by atoms with Crippen LogP contribution < -0.4 is 19.1 Å². The van der Waals surface area contributed by atoms with Crippen molar-refractivity contribution < 1.29 is 48.7 Å². The maximum absolute atomic E-state index is 13.6. The zero-order chi connectivity index (χ0) is 30.1. The van der Waals surface area contributed by atoms with Gasteiger partial charge >= 0.3 is 12.3 Å². The van der Waals surface area contributed by atoms with Crippen molar-refractivity contribution in [2.24, 2.45) is 5.92 Å². The third-order valence-electron chi connectivity index (χ3n) is 5.65. The Labute approximate surface area is 229 Å². The smallest absolute Gasteiger partial charge is 0.427 e. The largest absolute Gasteiger partial charge is 0.485 e. The van der Waals surface area contributed by atoms with Gasteiger partial charge in [-0.1, -0.05) is 13.8 Å². The topological polar surface area (TPSA) is 131 Å². The summed E-state index contributed by atoms with van der Waals surface area (Å²) in [6.07, 6.45) is -7.27. The van der Waals surface area contributed by atoms with Gasteiger partial charge in [0.05, 0.1) is 22.9 Å². The molecule has 1 aliphatic rings. The van der Waals surface area contributed by atoms with Gasteiger partial charge in [-0.3, -0.25) is 9.62 Å². The van der Waals surface area contributed by atoms with E-state index in [0.29, 0.717) is 13.8 Å². The minimum atomic E-state index is -4.85. The predicted molar refractivity (Wildman–Crippen MR) is 139 cm³/mol. The van der Waals surface area contributed by atoms with E-state index in [-0.39, 0.29) is 46.8 Å². The van der Waals surface area contributed by atoms with Gasteiger partial charge in [-0.15, -0.1) is 0 Å². The van der Waals surface area contributed by atoms with Gasteiger partial charge in [-0.05, 0) is 62.2 Å². The lowest BCUT2D eigenvalue weighted by molar-refractivity contribution is -0.242. The van der Waals surface area contributed by atoms with Crippen molar-refractivity contribution in [3.05, 3.63) is 48.3 Å². The highest BCUT2D eigenvalue weighted by Crippen LogP contribution is 2.39. The van der Waals surface area contributed by atoms with E-state index in [1.54, 1.807) is 13.8 Å². The molecule has 2 N–H and O–H groups in total. The van der Waals surface area contributed by atoms with Crippen LogP contribution in [0.3, 0.4) is 0 Å². The molecule has 0 bridgehead atoms. The first-order valence-electron chi connectivity index (χ1n) is 11.9. The Morgan fingerprint density at radius 1 is 1.10 bits per heavy atom. The minimum Gasteiger partial charge on any atom is -0.485 e. The molecule has 2 aromatic carbocycles. The summed E-state index contributed by atoms with van der Waals surface area (Å²) in [5.74, 6) is -1.02. The van der Waals surface area contributed by atoms with Crippen molar-refractivity contribution in [3.8, 4) is 5.75 Å². The van der Waals surface area contributed by atoms with Gasteiger partial charge in [0.25, 0.3) is 10.0 Å². The van der Waals surface area contributed by atoms with Gasteiger partial charge < -0.3 is 9.47 Å². The quantitative estimate of drug-likeness (QED) is 0.406. The van der Waals surface area contributed by atoms with Crippen LogP contribution in [-0.2, 0) is 24.8 Å². The summed E-state index contributed by atoms with van der Waals surface area (Å²) < 4.78 is 118. The first kappa shape index (κ1) is 31.4. The number of amides is 1. The molecule has 0 saturated heterocycles. The molecule has 3 rings (SSSR count). The molecule has 1 heterocycles. The highest BCUT2D eigenvalue weighted by atomic mass is 32.2. The average Bonchev–Trinajstić information content (AvgIpc) is 2.80. The Kier molecular flexibility index (Phi) is 8.96. The standard InChI is InChI=1S/C24H29F4N3O7S2/c1-15(2)14-39(33,34)29-12-18-13-31(40(35,36)19-8-5-16(25)6-9-19)20-11-17(7-10-21(20)37-18)30-22(32)38-23(3,4)24(26,27)28/h5-11,15,18,29H,12-14H2,1-4H3,(H,30,32). The first-order chi connectivity index (χ1) is 18.3. The molecule has 1 aliphatic heterocycles. The molecule has 1 amide bonds. The molecule has 0 aliphatic carbocycles. The monoisotopic (exact) mass is 611 g/mol. The van der Waals surface area contributed by atoms with Crippen molar-refractivity contribution in [1.29, 1.82) is 0 Å². The molecule has 40 heavy (non-hydrogen) atoms. The average molecular weight is 612 g/mol. The Balaban J connectivity index is 1.94. The number of sulfonamides is 2. The lowest BCUT2D eigenvalue weighted by atomic mass is 10.1. The zero-order valence-corrected chi connectivity index (χ0v) is 23.6. The van der Waals surface area contributed by atoms with E-state index >= 15 is 0 Å². The highest BCUT2D eigenvalue weighted by molar-refractivity contribution is 7.92. The van der Waals surface area contributed by atoms with E-state index < -0.39 is 49.8 Å². The number of carbonyl (C=O) groups is 1. The summed E-state index contributed by atoms with van der Waals surface area (Å²) >= 11 is 0. The predicted octanol–water partition coefficient (Wildman–Crippen LogP) is 4.25. The summed E-state index contributed by atoms with van der Waals surface area (Å²) in [5.41, 5.74) is -3.01. The van der Waals surface area contributed by atoms with E-state index in [4.69, 9.17) is 4.74 Å². The van der Waals surface area contributed by atoms with E-state index in [1.807, 2.05) is 0 Å². The maximum atomic E-state index is 13.6. The van der Waals surface area contributed by atoms with Crippen LogP contribution in [0.2, 0.25) is 0 Å². The molecular formula is C24H29F4N3O7S2. The Morgan fingerprint density at radius 3 is 2.30 bits per heavy atom. The SMILES string of the molecule is CC(C)CS(=O)(=O)NCC1CN(S(=O)(=O)c2ccc(F)cc2)c2cc(NC(=O)OC(C)(C)C(F)(F)F)ccc2O1. The fourth-order valence-corrected chi connectivity index (χ4v) is 6.54. The van der Waals surface area contributed by atoms with Crippen molar-refractivity contribution in [1.82, 2.24) is 4.72 Å². The number of rotatable bonds is 9. The van der Waals surface area contributed by atoms with E-state index in [0.717, 1.165) is 34.6 Å². The number of hydrogen-bond donors (Lipinski definition) is 2. The molecule has 0 saturated carbocycles. The van der Waals surface area contributed by atoms with Crippen LogP contribution in [0.4, 0.5) is 33.7 Å². The van der Waals surface area contributed by atoms with E-state index in [9.17, 15) is 39.2 Å². The molecule has 0 radical (unpaired) electrons. The summed E-state index contributed by atoms with van der Waals surface area (Å²) in [4.78, 5) is 11.9. The molecule has 1 atom stereocenters. The third kappa shape index (κ3) is 7.54. The normalized spacial score (nSPS) is 16.3. The fraction of sp³-hybridized carbons (Fsp3) is 0.458. The molecule has 0 spiro atoms. The number of nitrogens with zero attached hydrogens (tertiary/aromatic N) is 1. The third-order valence-corrected chi connectivity index (χ3v) is 9.16. The van der Waals surface area contributed by atoms with Gasteiger partial charge in [0.2, 0.25) is 15.6 Å². The molecule has 2 aromatic rings.